The van der Waals surface area contributed by atoms with Gasteiger partial charge < -0.3 is 4.74 Å². The Hall–Kier alpha value is -0.850. The van der Waals surface area contributed by atoms with Gasteiger partial charge in [-0.2, -0.15) is 0 Å². The number of fused-ring (bicyclic) bond motifs is 3. The van der Waals surface area contributed by atoms with E-state index in [1.165, 1.54) is 29.7 Å². The number of thioether (sulfide) groups is 1. The van der Waals surface area contributed by atoms with E-state index >= 15 is 0 Å². The molecule has 0 radical (unpaired) electrons. The highest BCUT2D eigenvalue weighted by atomic mass is 32.2. The summed E-state index contributed by atoms with van der Waals surface area (Å²) in [5.74, 6) is 1.40. The summed E-state index contributed by atoms with van der Waals surface area (Å²) in [5, 5.41) is 1.79. The van der Waals surface area contributed by atoms with Gasteiger partial charge in [-0.1, -0.05) is 51.8 Å². The van der Waals surface area contributed by atoms with Crippen molar-refractivity contribution in [1.82, 2.24) is 9.55 Å². The van der Waals surface area contributed by atoms with E-state index in [1.807, 2.05) is 4.57 Å². The highest BCUT2D eigenvalue weighted by molar-refractivity contribution is 7.99. The maximum absolute atomic E-state index is 13.6. The lowest BCUT2D eigenvalue weighted by atomic mass is 9.94. The summed E-state index contributed by atoms with van der Waals surface area (Å²) in [6, 6.07) is 0.318. The van der Waals surface area contributed by atoms with Crippen LogP contribution in [-0.2, 0) is 17.8 Å². The Morgan fingerprint density at radius 2 is 2.08 bits per heavy atom. The van der Waals surface area contributed by atoms with Gasteiger partial charge in [-0.15, -0.1) is 11.3 Å². The van der Waals surface area contributed by atoms with Gasteiger partial charge in [-0.25, -0.2) is 4.98 Å². The average molecular weight is 393 g/mol. The summed E-state index contributed by atoms with van der Waals surface area (Å²) in [5.41, 5.74) is 1.41. The van der Waals surface area contributed by atoms with Crippen molar-refractivity contribution in [3.05, 3.63) is 20.8 Å². The number of rotatable bonds is 4. The van der Waals surface area contributed by atoms with Crippen LogP contribution in [0.4, 0.5) is 0 Å². The van der Waals surface area contributed by atoms with Crippen LogP contribution in [0.25, 0.3) is 10.2 Å². The Morgan fingerprint density at radius 3 is 2.77 bits per heavy atom. The molecule has 4 nitrogen and oxygen atoms in total. The monoisotopic (exact) mass is 392 g/mol. The third-order valence-electron chi connectivity index (χ3n) is 5.70. The van der Waals surface area contributed by atoms with Crippen molar-refractivity contribution in [2.75, 3.05) is 5.75 Å². The van der Waals surface area contributed by atoms with Crippen molar-refractivity contribution in [3.8, 4) is 0 Å². The van der Waals surface area contributed by atoms with Crippen LogP contribution in [0.2, 0.25) is 0 Å². The summed E-state index contributed by atoms with van der Waals surface area (Å²) in [6.07, 6.45) is 6.98. The van der Waals surface area contributed by atoms with Gasteiger partial charge in [0.05, 0.1) is 18.1 Å². The van der Waals surface area contributed by atoms with E-state index in [0.29, 0.717) is 18.6 Å². The Labute approximate surface area is 163 Å². The Morgan fingerprint density at radius 1 is 1.31 bits per heavy atom. The predicted molar refractivity (Wildman–Crippen MR) is 110 cm³/mol. The number of hydrogen-bond donors (Lipinski definition) is 0. The molecule has 0 unspecified atom stereocenters. The standard InChI is InChI=1S/C20H28N2O2S2/c1-4-25-20-21-18-17(19(23)22(20)13-8-6-5-7-9-13)14-10-15(12(2)3)24-11-16(14)26-18/h12-13,15H,4-11H2,1-3H3/t15-/m1/s1. The zero-order valence-electron chi connectivity index (χ0n) is 15.9. The molecule has 142 valence electrons. The third-order valence-corrected chi connectivity index (χ3v) is 7.63. The van der Waals surface area contributed by atoms with Crippen LogP contribution in [0, 0.1) is 5.92 Å². The Kier molecular flexibility index (Phi) is 5.44. The van der Waals surface area contributed by atoms with Crippen molar-refractivity contribution < 1.29 is 4.74 Å². The average Bonchev–Trinajstić information content (AvgIpc) is 3.00. The number of aromatic nitrogens is 2. The number of ether oxygens (including phenoxy) is 1. The predicted octanol–water partition coefficient (Wildman–Crippen LogP) is 5.17. The molecular weight excluding hydrogens is 364 g/mol. The molecule has 0 N–H and O–H groups in total. The zero-order chi connectivity index (χ0) is 18.3. The minimum atomic E-state index is 0.194. The smallest absolute Gasteiger partial charge is 0.263 e. The molecule has 0 spiro atoms. The quantitative estimate of drug-likeness (QED) is 0.532. The lowest BCUT2D eigenvalue weighted by molar-refractivity contribution is 0.00200. The molecule has 1 saturated carbocycles. The summed E-state index contributed by atoms with van der Waals surface area (Å²) in [6.45, 7) is 7.14. The Balaban J connectivity index is 1.87. The fraction of sp³-hybridized carbons (Fsp3) is 0.700. The van der Waals surface area contributed by atoms with Crippen LogP contribution in [0.5, 0.6) is 0 Å². The first kappa shape index (κ1) is 18.5. The van der Waals surface area contributed by atoms with Crippen LogP contribution >= 0.6 is 23.1 Å². The molecule has 1 aliphatic carbocycles. The fourth-order valence-corrected chi connectivity index (χ4v) is 6.20. The van der Waals surface area contributed by atoms with Crippen LogP contribution in [0.1, 0.15) is 69.4 Å². The molecule has 0 saturated heterocycles. The first-order chi connectivity index (χ1) is 12.6. The van der Waals surface area contributed by atoms with Crippen LogP contribution in [0.3, 0.4) is 0 Å². The molecule has 0 amide bonds. The molecule has 26 heavy (non-hydrogen) atoms. The highest BCUT2D eigenvalue weighted by Gasteiger charge is 2.30. The minimum Gasteiger partial charge on any atom is -0.372 e. The fourth-order valence-electron chi connectivity index (χ4n) is 4.24. The summed E-state index contributed by atoms with van der Waals surface area (Å²) < 4.78 is 8.07. The van der Waals surface area contributed by atoms with Crippen molar-refractivity contribution >= 4 is 33.3 Å². The van der Waals surface area contributed by atoms with Crippen molar-refractivity contribution in [2.24, 2.45) is 5.92 Å². The molecular formula is C20H28N2O2S2. The second kappa shape index (κ2) is 7.64. The molecule has 6 heteroatoms. The number of nitrogens with zero attached hydrogens (tertiary/aromatic N) is 2. The topological polar surface area (TPSA) is 44.1 Å². The first-order valence-electron chi connectivity index (χ1n) is 9.91. The van der Waals surface area contributed by atoms with Gasteiger partial charge in [-0.05, 0) is 30.1 Å². The molecule has 2 aromatic heterocycles. The molecule has 0 bridgehead atoms. The number of thiophene rings is 1. The second-order valence-electron chi connectivity index (χ2n) is 7.78. The Bertz CT molecular complexity index is 850. The molecule has 1 fully saturated rings. The molecule has 2 aliphatic rings. The van der Waals surface area contributed by atoms with E-state index < -0.39 is 0 Å². The van der Waals surface area contributed by atoms with E-state index in [1.54, 1.807) is 23.1 Å². The molecule has 0 aromatic carbocycles. The molecule has 4 rings (SSSR count). The molecule has 3 heterocycles. The van der Waals surface area contributed by atoms with Gasteiger partial charge in [0, 0.05) is 17.3 Å². The van der Waals surface area contributed by atoms with Crippen molar-refractivity contribution in [1.29, 1.82) is 0 Å². The first-order valence-corrected chi connectivity index (χ1v) is 11.7. The van der Waals surface area contributed by atoms with E-state index in [-0.39, 0.29) is 11.7 Å². The zero-order valence-corrected chi connectivity index (χ0v) is 17.5. The van der Waals surface area contributed by atoms with E-state index in [9.17, 15) is 4.79 Å². The summed E-state index contributed by atoms with van der Waals surface area (Å²) in [7, 11) is 0. The van der Waals surface area contributed by atoms with E-state index in [4.69, 9.17) is 9.72 Å². The summed E-state index contributed by atoms with van der Waals surface area (Å²) in [4.78, 5) is 20.7. The molecule has 1 aliphatic heterocycles. The minimum absolute atomic E-state index is 0.194. The van der Waals surface area contributed by atoms with Gasteiger partial charge in [0.1, 0.15) is 4.83 Å². The maximum atomic E-state index is 13.6. The van der Waals surface area contributed by atoms with Gasteiger partial charge in [0.2, 0.25) is 0 Å². The SMILES string of the molecule is CCSc1nc2sc3c(c2c(=O)n1C1CCCCC1)C[C@H](C(C)C)OC3. The van der Waals surface area contributed by atoms with Crippen LogP contribution < -0.4 is 5.56 Å². The molecule has 2 aromatic rings. The van der Waals surface area contributed by atoms with Gasteiger partial charge in [-0.3, -0.25) is 9.36 Å². The van der Waals surface area contributed by atoms with E-state index in [2.05, 4.69) is 20.8 Å². The van der Waals surface area contributed by atoms with E-state index in [0.717, 1.165) is 40.4 Å². The third kappa shape index (κ3) is 3.25. The molecule has 1 atom stereocenters. The largest absolute Gasteiger partial charge is 0.372 e. The number of hydrogen-bond acceptors (Lipinski definition) is 5. The normalized spacial score (nSPS) is 21.5. The lowest BCUT2D eigenvalue weighted by Crippen LogP contribution is -2.31. The van der Waals surface area contributed by atoms with Gasteiger partial charge in [0.25, 0.3) is 5.56 Å². The second-order valence-corrected chi connectivity index (χ2v) is 10.1. The van der Waals surface area contributed by atoms with Gasteiger partial charge in [0.15, 0.2) is 5.16 Å². The maximum Gasteiger partial charge on any atom is 0.263 e. The highest BCUT2D eigenvalue weighted by Crippen LogP contribution is 2.37. The van der Waals surface area contributed by atoms with Crippen molar-refractivity contribution in [2.45, 2.75) is 83.2 Å². The van der Waals surface area contributed by atoms with Crippen LogP contribution in [0.15, 0.2) is 9.95 Å². The van der Waals surface area contributed by atoms with Crippen LogP contribution in [-0.4, -0.2) is 21.4 Å². The van der Waals surface area contributed by atoms with Gasteiger partial charge >= 0.3 is 0 Å². The summed E-state index contributed by atoms with van der Waals surface area (Å²) >= 11 is 3.36. The van der Waals surface area contributed by atoms with Crippen molar-refractivity contribution in [3.63, 3.8) is 0 Å². The lowest BCUT2D eigenvalue weighted by Gasteiger charge is -2.27.